The highest BCUT2D eigenvalue weighted by atomic mass is 16.5. The zero-order valence-electron chi connectivity index (χ0n) is 17.5. The summed E-state index contributed by atoms with van der Waals surface area (Å²) in [6.45, 7) is 6.03. The van der Waals surface area contributed by atoms with Crippen molar-refractivity contribution in [1.82, 2.24) is 14.5 Å². The fourth-order valence-corrected chi connectivity index (χ4v) is 3.01. The average Bonchev–Trinajstić information content (AvgIpc) is 3.36. The SMILES string of the molecule is CC(C)(C)c1cc(NC(=O)Cc2ccc(NC(=O)c3cn4ccccc4n3)cc2)no1. The van der Waals surface area contributed by atoms with Crippen LogP contribution in [0.2, 0.25) is 0 Å². The lowest BCUT2D eigenvalue weighted by molar-refractivity contribution is -0.115. The normalized spacial score (nSPS) is 11.5. The summed E-state index contributed by atoms with van der Waals surface area (Å²) >= 11 is 0. The molecule has 0 radical (unpaired) electrons. The predicted octanol–water partition coefficient (Wildman–Crippen LogP) is 4.05. The third-order valence-electron chi connectivity index (χ3n) is 4.69. The molecular formula is C23H23N5O3. The minimum atomic E-state index is -0.296. The quantitative estimate of drug-likeness (QED) is 0.510. The second-order valence-corrected chi connectivity index (χ2v) is 8.29. The summed E-state index contributed by atoms with van der Waals surface area (Å²) in [6.07, 6.45) is 3.69. The number of amides is 2. The van der Waals surface area contributed by atoms with Gasteiger partial charge in [-0.1, -0.05) is 44.1 Å². The number of fused-ring (bicyclic) bond motifs is 1. The topological polar surface area (TPSA) is 102 Å². The molecule has 8 nitrogen and oxygen atoms in total. The van der Waals surface area contributed by atoms with Gasteiger partial charge in [-0.2, -0.15) is 0 Å². The standard InChI is InChI=1S/C23H23N5O3/c1-23(2,3)18-13-19(27-31-18)26-21(29)12-15-7-9-16(10-8-15)24-22(30)17-14-28-11-5-4-6-20(28)25-17/h4-11,13-14H,12H2,1-3H3,(H,24,30)(H,26,27,29). The van der Waals surface area contributed by atoms with Crippen LogP contribution in [-0.4, -0.2) is 26.4 Å². The van der Waals surface area contributed by atoms with E-state index in [1.54, 1.807) is 40.9 Å². The second-order valence-electron chi connectivity index (χ2n) is 8.29. The van der Waals surface area contributed by atoms with Crippen LogP contribution in [0.1, 0.15) is 42.6 Å². The van der Waals surface area contributed by atoms with Gasteiger partial charge in [-0.15, -0.1) is 0 Å². The van der Waals surface area contributed by atoms with Gasteiger partial charge in [0.25, 0.3) is 5.91 Å². The van der Waals surface area contributed by atoms with Crippen molar-refractivity contribution in [2.45, 2.75) is 32.6 Å². The molecule has 0 unspecified atom stereocenters. The summed E-state index contributed by atoms with van der Waals surface area (Å²) in [6, 6.07) is 14.4. The van der Waals surface area contributed by atoms with E-state index in [9.17, 15) is 9.59 Å². The number of hydrogen-bond donors (Lipinski definition) is 2. The van der Waals surface area contributed by atoms with Gasteiger partial charge in [-0.25, -0.2) is 4.98 Å². The van der Waals surface area contributed by atoms with Crippen LogP contribution in [-0.2, 0) is 16.6 Å². The van der Waals surface area contributed by atoms with Crippen LogP contribution in [0.25, 0.3) is 5.65 Å². The number of carbonyl (C=O) groups excluding carboxylic acids is 2. The number of carbonyl (C=O) groups is 2. The van der Waals surface area contributed by atoms with Gasteiger partial charge < -0.3 is 19.6 Å². The van der Waals surface area contributed by atoms with Gasteiger partial charge >= 0.3 is 0 Å². The molecule has 3 aromatic heterocycles. The highest BCUT2D eigenvalue weighted by Crippen LogP contribution is 2.24. The van der Waals surface area contributed by atoms with Crippen molar-refractivity contribution in [3.8, 4) is 0 Å². The summed E-state index contributed by atoms with van der Waals surface area (Å²) < 4.78 is 7.06. The van der Waals surface area contributed by atoms with Crippen LogP contribution in [0.5, 0.6) is 0 Å². The molecule has 8 heteroatoms. The molecule has 0 saturated carbocycles. The molecule has 2 amide bonds. The molecule has 1 aromatic carbocycles. The van der Waals surface area contributed by atoms with Crippen LogP contribution in [0, 0.1) is 0 Å². The highest BCUT2D eigenvalue weighted by molar-refractivity contribution is 6.03. The Morgan fingerprint density at radius 1 is 1.06 bits per heavy atom. The first-order chi connectivity index (χ1) is 14.8. The van der Waals surface area contributed by atoms with Gasteiger partial charge in [0, 0.05) is 29.6 Å². The zero-order chi connectivity index (χ0) is 22.0. The summed E-state index contributed by atoms with van der Waals surface area (Å²) in [5, 5.41) is 9.45. The van der Waals surface area contributed by atoms with Crippen molar-refractivity contribution in [1.29, 1.82) is 0 Å². The smallest absolute Gasteiger partial charge is 0.275 e. The zero-order valence-corrected chi connectivity index (χ0v) is 17.5. The van der Waals surface area contributed by atoms with Crippen LogP contribution < -0.4 is 10.6 Å². The molecular weight excluding hydrogens is 394 g/mol. The predicted molar refractivity (Wildman–Crippen MR) is 117 cm³/mol. The van der Waals surface area contributed by atoms with Crippen molar-refractivity contribution in [3.05, 3.63) is 77.9 Å². The van der Waals surface area contributed by atoms with Crippen LogP contribution in [0.4, 0.5) is 11.5 Å². The molecule has 4 aromatic rings. The Morgan fingerprint density at radius 3 is 2.52 bits per heavy atom. The monoisotopic (exact) mass is 417 g/mol. The lowest BCUT2D eigenvalue weighted by Crippen LogP contribution is -2.15. The fraction of sp³-hybridized carbons (Fsp3) is 0.217. The van der Waals surface area contributed by atoms with E-state index in [2.05, 4.69) is 20.8 Å². The lowest BCUT2D eigenvalue weighted by atomic mass is 9.93. The molecule has 158 valence electrons. The van der Waals surface area contributed by atoms with Crippen LogP contribution >= 0.6 is 0 Å². The number of nitrogens with zero attached hydrogens (tertiary/aromatic N) is 3. The number of hydrogen-bond acceptors (Lipinski definition) is 5. The first kappa shape index (κ1) is 20.3. The molecule has 0 aliphatic carbocycles. The number of aromatic nitrogens is 3. The second kappa shape index (κ2) is 8.06. The van der Waals surface area contributed by atoms with Crippen molar-refractivity contribution in [2.24, 2.45) is 0 Å². The third kappa shape index (κ3) is 4.80. The average molecular weight is 417 g/mol. The van der Waals surface area contributed by atoms with E-state index < -0.39 is 0 Å². The fourth-order valence-electron chi connectivity index (χ4n) is 3.01. The van der Waals surface area contributed by atoms with Crippen molar-refractivity contribution in [2.75, 3.05) is 10.6 Å². The molecule has 0 saturated heterocycles. The minimum absolute atomic E-state index is 0.179. The third-order valence-corrected chi connectivity index (χ3v) is 4.69. The Hall–Kier alpha value is -3.94. The maximum Gasteiger partial charge on any atom is 0.275 e. The van der Waals surface area contributed by atoms with Gasteiger partial charge in [-0.3, -0.25) is 9.59 Å². The molecule has 0 atom stereocenters. The summed E-state index contributed by atoms with van der Waals surface area (Å²) in [7, 11) is 0. The number of benzene rings is 1. The number of pyridine rings is 1. The highest BCUT2D eigenvalue weighted by Gasteiger charge is 2.20. The van der Waals surface area contributed by atoms with E-state index >= 15 is 0 Å². The number of imidazole rings is 1. The molecule has 0 aliphatic heterocycles. The molecule has 0 aliphatic rings. The molecule has 0 spiro atoms. The number of nitrogens with one attached hydrogen (secondary N) is 2. The number of rotatable bonds is 5. The molecule has 4 rings (SSSR count). The van der Waals surface area contributed by atoms with E-state index in [1.807, 2.05) is 45.2 Å². The van der Waals surface area contributed by atoms with Crippen molar-refractivity contribution >= 4 is 29.0 Å². The Morgan fingerprint density at radius 2 is 1.84 bits per heavy atom. The summed E-state index contributed by atoms with van der Waals surface area (Å²) in [4.78, 5) is 29.1. The van der Waals surface area contributed by atoms with E-state index in [0.29, 0.717) is 28.6 Å². The Labute approximate surface area is 179 Å². The van der Waals surface area contributed by atoms with Gasteiger partial charge in [0.15, 0.2) is 5.82 Å². The van der Waals surface area contributed by atoms with E-state index in [-0.39, 0.29) is 23.7 Å². The van der Waals surface area contributed by atoms with Crippen molar-refractivity contribution in [3.63, 3.8) is 0 Å². The first-order valence-electron chi connectivity index (χ1n) is 9.89. The molecule has 0 fully saturated rings. The Bertz CT molecular complexity index is 1200. The molecule has 2 N–H and O–H groups in total. The number of anilines is 2. The summed E-state index contributed by atoms with van der Waals surface area (Å²) in [5.41, 5.74) is 2.28. The van der Waals surface area contributed by atoms with Gasteiger partial charge in [0.1, 0.15) is 17.1 Å². The largest absolute Gasteiger partial charge is 0.359 e. The Kier molecular flexibility index (Phi) is 5.29. The molecule has 3 heterocycles. The molecule has 0 bridgehead atoms. The van der Waals surface area contributed by atoms with E-state index in [4.69, 9.17) is 4.52 Å². The summed E-state index contributed by atoms with van der Waals surface area (Å²) in [5.74, 6) is 0.602. The van der Waals surface area contributed by atoms with E-state index in [1.165, 1.54) is 0 Å². The minimum Gasteiger partial charge on any atom is -0.359 e. The maximum atomic E-state index is 12.5. The van der Waals surface area contributed by atoms with Gasteiger partial charge in [-0.05, 0) is 29.8 Å². The maximum absolute atomic E-state index is 12.5. The lowest BCUT2D eigenvalue weighted by Gasteiger charge is -2.12. The van der Waals surface area contributed by atoms with Crippen molar-refractivity contribution < 1.29 is 14.1 Å². The first-order valence-corrected chi connectivity index (χ1v) is 9.89. The van der Waals surface area contributed by atoms with Gasteiger partial charge in [0.05, 0.1) is 6.42 Å². The van der Waals surface area contributed by atoms with Gasteiger partial charge in [0.2, 0.25) is 5.91 Å². The molecule has 31 heavy (non-hydrogen) atoms. The van der Waals surface area contributed by atoms with Crippen LogP contribution in [0.15, 0.2) is 65.4 Å². The van der Waals surface area contributed by atoms with E-state index in [0.717, 1.165) is 5.56 Å². The Balaban J connectivity index is 1.35. The van der Waals surface area contributed by atoms with Crippen LogP contribution in [0.3, 0.4) is 0 Å².